The summed E-state index contributed by atoms with van der Waals surface area (Å²) in [6.45, 7) is 1.43. The van der Waals surface area contributed by atoms with Crippen molar-refractivity contribution in [1.82, 2.24) is 10.3 Å². The molecule has 2 N–H and O–H groups in total. The summed E-state index contributed by atoms with van der Waals surface area (Å²) in [5, 5.41) is 14.1. The first kappa shape index (κ1) is 13.1. The molecule has 0 spiro atoms. The zero-order chi connectivity index (χ0) is 12.3. The summed E-state index contributed by atoms with van der Waals surface area (Å²) >= 11 is 11.9. The normalized spacial score (nSPS) is 17.8. The van der Waals surface area contributed by atoms with E-state index in [1.54, 1.807) is 0 Å². The predicted molar refractivity (Wildman–Crippen MR) is 69.4 cm³/mol. The van der Waals surface area contributed by atoms with Gasteiger partial charge in [0.05, 0.1) is 16.1 Å². The molecule has 0 amide bonds. The van der Waals surface area contributed by atoms with Crippen molar-refractivity contribution in [3.8, 4) is 0 Å². The standard InChI is InChI=1S/C12H16Cl2N2O/c13-9-5-16-6-10(14)12(9)11(17)7-15-4-8-2-1-3-8/h5-6,8,11,15,17H,1-4,7H2. The number of rotatable bonds is 5. The van der Waals surface area contributed by atoms with Crippen LogP contribution < -0.4 is 5.32 Å². The zero-order valence-electron chi connectivity index (χ0n) is 9.50. The molecule has 94 valence electrons. The van der Waals surface area contributed by atoms with Gasteiger partial charge in [-0.3, -0.25) is 4.98 Å². The van der Waals surface area contributed by atoms with E-state index in [4.69, 9.17) is 23.2 Å². The summed E-state index contributed by atoms with van der Waals surface area (Å²) in [5.41, 5.74) is 0.560. The van der Waals surface area contributed by atoms with Crippen molar-refractivity contribution in [2.24, 2.45) is 5.92 Å². The van der Waals surface area contributed by atoms with Crippen LogP contribution in [0.5, 0.6) is 0 Å². The molecule has 1 saturated carbocycles. The molecule has 1 aliphatic rings. The summed E-state index contributed by atoms with van der Waals surface area (Å²) in [7, 11) is 0. The Morgan fingerprint density at radius 2 is 2.00 bits per heavy atom. The van der Waals surface area contributed by atoms with Crippen LogP contribution in [-0.4, -0.2) is 23.2 Å². The highest BCUT2D eigenvalue weighted by Crippen LogP contribution is 2.29. The lowest BCUT2D eigenvalue weighted by Gasteiger charge is -2.26. The SMILES string of the molecule is OC(CNCC1CCC1)c1c(Cl)cncc1Cl. The second kappa shape index (κ2) is 6.01. The van der Waals surface area contributed by atoms with Crippen molar-refractivity contribution in [3.05, 3.63) is 28.0 Å². The molecule has 1 aliphatic carbocycles. The highest BCUT2D eigenvalue weighted by atomic mass is 35.5. The molecule has 1 atom stereocenters. The van der Waals surface area contributed by atoms with Gasteiger partial charge in [0, 0.05) is 24.5 Å². The van der Waals surface area contributed by atoms with E-state index >= 15 is 0 Å². The van der Waals surface area contributed by atoms with Crippen LogP contribution in [-0.2, 0) is 0 Å². The molecule has 0 saturated heterocycles. The van der Waals surface area contributed by atoms with Crippen molar-refractivity contribution in [2.45, 2.75) is 25.4 Å². The third-order valence-electron chi connectivity index (χ3n) is 3.22. The zero-order valence-corrected chi connectivity index (χ0v) is 11.0. The lowest BCUT2D eigenvalue weighted by atomic mass is 9.85. The van der Waals surface area contributed by atoms with Gasteiger partial charge in [0.1, 0.15) is 0 Å². The van der Waals surface area contributed by atoms with Gasteiger partial charge in [-0.2, -0.15) is 0 Å². The van der Waals surface area contributed by atoms with Gasteiger partial charge in [0.2, 0.25) is 0 Å². The molecule has 1 heterocycles. The number of nitrogens with zero attached hydrogens (tertiary/aromatic N) is 1. The molecule has 1 fully saturated rings. The molecule has 1 aromatic rings. The van der Waals surface area contributed by atoms with Crippen LogP contribution in [0.25, 0.3) is 0 Å². The largest absolute Gasteiger partial charge is 0.387 e. The maximum absolute atomic E-state index is 10.0. The Bertz CT molecular complexity index is 363. The van der Waals surface area contributed by atoms with Gasteiger partial charge in [-0.25, -0.2) is 0 Å². The van der Waals surface area contributed by atoms with Crippen LogP contribution >= 0.6 is 23.2 Å². The monoisotopic (exact) mass is 274 g/mol. The first-order chi connectivity index (χ1) is 8.18. The van der Waals surface area contributed by atoms with Crippen LogP contribution in [0.1, 0.15) is 30.9 Å². The molecule has 17 heavy (non-hydrogen) atoms. The van der Waals surface area contributed by atoms with Crippen molar-refractivity contribution >= 4 is 23.2 Å². The van der Waals surface area contributed by atoms with E-state index in [1.807, 2.05) is 0 Å². The topological polar surface area (TPSA) is 45.1 Å². The molecule has 5 heteroatoms. The van der Waals surface area contributed by atoms with Gasteiger partial charge >= 0.3 is 0 Å². The maximum atomic E-state index is 10.0. The van der Waals surface area contributed by atoms with Gasteiger partial charge in [-0.1, -0.05) is 29.6 Å². The average Bonchev–Trinajstić information content (AvgIpc) is 2.21. The molecule has 1 aromatic heterocycles. The third kappa shape index (κ3) is 3.32. The van der Waals surface area contributed by atoms with Crippen LogP contribution in [0.2, 0.25) is 10.0 Å². The Balaban J connectivity index is 1.87. The number of nitrogens with one attached hydrogen (secondary N) is 1. The van der Waals surface area contributed by atoms with E-state index in [0.717, 1.165) is 12.5 Å². The molecule has 0 aliphatic heterocycles. The summed E-state index contributed by atoms with van der Waals surface area (Å²) in [6, 6.07) is 0. The predicted octanol–water partition coefficient (Wildman–Crippen LogP) is 2.81. The van der Waals surface area contributed by atoms with Gasteiger partial charge < -0.3 is 10.4 Å². The number of halogens is 2. The molecule has 2 rings (SSSR count). The molecule has 0 aromatic carbocycles. The fourth-order valence-electron chi connectivity index (χ4n) is 1.96. The highest BCUT2D eigenvalue weighted by Gasteiger charge is 2.19. The molecular formula is C12H16Cl2N2O. The van der Waals surface area contributed by atoms with Crippen LogP contribution in [0, 0.1) is 5.92 Å². The fraction of sp³-hybridized carbons (Fsp3) is 0.583. The summed E-state index contributed by atoms with van der Waals surface area (Å²) in [5.74, 6) is 0.769. The highest BCUT2D eigenvalue weighted by molar-refractivity contribution is 6.35. The minimum Gasteiger partial charge on any atom is -0.387 e. The number of hydrogen-bond donors (Lipinski definition) is 2. The van der Waals surface area contributed by atoms with Crippen LogP contribution in [0.4, 0.5) is 0 Å². The molecule has 1 unspecified atom stereocenters. The van der Waals surface area contributed by atoms with E-state index in [-0.39, 0.29) is 0 Å². The second-order valence-corrected chi connectivity index (χ2v) is 5.30. The Hall–Kier alpha value is -0.350. The van der Waals surface area contributed by atoms with Crippen LogP contribution in [0.15, 0.2) is 12.4 Å². The van der Waals surface area contributed by atoms with E-state index in [9.17, 15) is 5.11 Å². The average molecular weight is 275 g/mol. The summed E-state index contributed by atoms with van der Waals surface area (Å²) in [6.07, 6.45) is 6.23. The van der Waals surface area contributed by atoms with E-state index in [0.29, 0.717) is 22.2 Å². The Morgan fingerprint density at radius 1 is 1.35 bits per heavy atom. The molecule has 0 bridgehead atoms. The molecule has 0 radical (unpaired) electrons. The Kier molecular flexibility index (Phi) is 4.62. The first-order valence-electron chi connectivity index (χ1n) is 5.86. The van der Waals surface area contributed by atoms with E-state index < -0.39 is 6.10 Å². The van der Waals surface area contributed by atoms with E-state index in [2.05, 4.69) is 10.3 Å². The third-order valence-corrected chi connectivity index (χ3v) is 3.82. The Morgan fingerprint density at radius 3 is 2.53 bits per heavy atom. The quantitative estimate of drug-likeness (QED) is 0.868. The van der Waals surface area contributed by atoms with Crippen molar-refractivity contribution in [2.75, 3.05) is 13.1 Å². The number of hydrogen-bond acceptors (Lipinski definition) is 3. The summed E-state index contributed by atoms with van der Waals surface area (Å²) < 4.78 is 0. The number of pyridine rings is 1. The van der Waals surface area contributed by atoms with E-state index in [1.165, 1.54) is 31.7 Å². The maximum Gasteiger partial charge on any atom is 0.0944 e. The number of aromatic nitrogens is 1. The van der Waals surface area contributed by atoms with Crippen molar-refractivity contribution < 1.29 is 5.11 Å². The van der Waals surface area contributed by atoms with Crippen LogP contribution in [0.3, 0.4) is 0 Å². The second-order valence-electron chi connectivity index (χ2n) is 4.49. The Labute approximate surface area is 111 Å². The molecular weight excluding hydrogens is 259 g/mol. The lowest BCUT2D eigenvalue weighted by molar-refractivity contribution is 0.168. The fourth-order valence-corrected chi connectivity index (χ4v) is 2.58. The van der Waals surface area contributed by atoms with Gasteiger partial charge in [0.15, 0.2) is 0 Å². The van der Waals surface area contributed by atoms with Crippen molar-refractivity contribution in [1.29, 1.82) is 0 Å². The number of aliphatic hydroxyl groups is 1. The van der Waals surface area contributed by atoms with Gasteiger partial charge in [-0.15, -0.1) is 0 Å². The molecule has 3 nitrogen and oxygen atoms in total. The number of aliphatic hydroxyl groups excluding tert-OH is 1. The van der Waals surface area contributed by atoms with Gasteiger partial charge in [0.25, 0.3) is 0 Å². The summed E-state index contributed by atoms with van der Waals surface area (Å²) in [4.78, 5) is 3.86. The van der Waals surface area contributed by atoms with Crippen molar-refractivity contribution in [3.63, 3.8) is 0 Å². The first-order valence-corrected chi connectivity index (χ1v) is 6.61. The lowest BCUT2D eigenvalue weighted by Crippen LogP contribution is -2.30. The minimum atomic E-state index is -0.682. The van der Waals surface area contributed by atoms with Gasteiger partial charge in [-0.05, 0) is 25.3 Å². The minimum absolute atomic E-state index is 0.412. The smallest absolute Gasteiger partial charge is 0.0944 e.